The lowest BCUT2D eigenvalue weighted by molar-refractivity contribution is -0.162. The van der Waals surface area contributed by atoms with Gasteiger partial charge in [0.25, 0.3) is 5.91 Å². The molecule has 36 heteroatoms. The van der Waals surface area contributed by atoms with Gasteiger partial charge in [0.1, 0.15) is 58.9 Å². The number of aromatic amines is 1. The highest BCUT2D eigenvalue weighted by Crippen LogP contribution is 2.30. The van der Waals surface area contributed by atoms with Crippen molar-refractivity contribution in [3.8, 4) is 50.8 Å². The Morgan fingerprint density at radius 3 is 1.24 bits per heavy atom. The van der Waals surface area contributed by atoms with Crippen LogP contribution in [0.5, 0.6) is 5.75 Å². The standard InChI is InChI=1S/C23H25ClN4O3.C18H24N4O3.C18H26N2O4.C17H21N3O4.C10H13N.C9H8N2.C8H13NO4/c1-15(2)31-21-10-9-17(11-18(21)24)22(29)27-20(23(30)25-3)13-28-12-19(26-14-28)16-7-5-4-6-8-16;1-18(2,3)25-17(24)21-15(16(23)19-4)11-22-10-14(20-12-22)13-8-6-5-7-9-13;1-18(2,3)24-17(23)19-15(16(21)22)12-20-10-9-14(11-20)13-7-5-4-6-8-13;1-17(2,3)24-16(23)19-14(15(21)22)10-20-9-13(18-11-20)12-7-5-4-6-8-12;1-2-4-9(5-3-1)10-6-7-11-8-10;1-2-4-8(5-3-1)9-6-10-7-11-9;1-8(2,3)13-7(11)9-5-4-12-6(5)10/h4-12,14-15,20H,13H2,1-3H3,(H,25,30)(H,27,29);5-10,12,15H,11H2,1-4H3,(H,19,23)(H,21,24);4-8,14-15H,9-12H2,1-3H3,(H,19,23)(H,21,22);4-9,11,14H,10H2,1-3H3,(H,19,23)(H,21,22);1-5,10-11H,6-8H2;1-7H,(H,10,11);5H,4H2,1-3H3,(H,9,11)/t20-;15-;14?,15-;14-;;;5-/m0000..0/s1. The number of amides is 7. The van der Waals surface area contributed by atoms with Gasteiger partial charge in [0.2, 0.25) is 11.8 Å². The van der Waals surface area contributed by atoms with E-state index in [0.29, 0.717) is 22.3 Å². The molecule has 139 heavy (non-hydrogen) atoms. The van der Waals surface area contributed by atoms with E-state index >= 15 is 0 Å². The van der Waals surface area contributed by atoms with E-state index < -0.39 is 101 Å². The van der Waals surface area contributed by atoms with Gasteiger partial charge in [-0.2, -0.15) is 0 Å². The Kier molecular flexibility index (Phi) is 42.3. The number of ether oxygens (including phenoxy) is 6. The van der Waals surface area contributed by atoms with E-state index in [1.54, 1.807) is 134 Å². The quantitative estimate of drug-likeness (QED) is 0.0177. The number of rotatable bonds is 26. The molecule has 742 valence electrons. The highest BCUT2D eigenvalue weighted by molar-refractivity contribution is 6.32. The lowest BCUT2D eigenvalue weighted by Crippen LogP contribution is -2.53. The molecule has 3 aliphatic heterocycles. The van der Waals surface area contributed by atoms with Crippen molar-refractivity contribution in [2.24, 2.45) is 0 Å². The van der Waals surface area contributed by atoms with Crippen LogP contribution in [0, 0.1) is 0 Å². The highest BCUT2D eigenvalue weighted by Gasteiger charge is 2.35. The number of carbonyl (C=O) groups excluding carboxylic acids is 8. The van der Waals surface area contributed by atoms with Crippen LogP contribution in [0.3, 0.4) is 0 Å². The van der Waals surface area contributed by atoms with Crippen molar-refractivity contribution >= 4 is 71.6 Å². The molecule has 0 aliphatic carbocycles. The number of esters is 1. The number of aliphatic carboxylic acids is 2. The van der Waals surface area contributed by atoms with E-state index in [0.717, 1.165) is 71.4 Å². The predicted octanol–water partition coefficient (Wildman–Crippen LogP) is 15.0. The molecular weight excluding hydrogens is 1800 g/mol. The maximum Gasteiger partial charge on any atom is 0.408 e. The molecule has 7 amide bonds. The van der Waals surface area contributed by atoms with Gasteiger partial charge in [0, 0.05) is 74.6 Å². The number of hydrogen-bond acceptors (Lipinski definition) is 22. The number of likely N-dealkylation sites (tertiary alicyclic amines) is 1. The average Bonchev–Trinajstić information content (AvgIpc) is 1.83. The number of H-pyrrole nitrogens is 1. The minimum Gasteiger partial charge on any atom is -0.489 e. The van der Waals surface area contributed by atoms with Crippen molar-refractivity contribution in [3.63, 3.8) is 0 Å². The van der Waals surface area contributed by atoms with Crippen molar-refractivity contribution in [3.05, 3.63) is 272 Å². The molecule has 7 atom stereocenters. The van der Waals surface area contributed by atoms with Crippen LogP contribution in [0.1, 0.15) is 143 Å². The molecule has 0 spiro atoms. The minimum absolute atomic E-state index is 0.0363. The van der Waals surface area contributed by atoms with Gasteiger partial charge in [0.05, 0.1) is 85.0 Å². The van der Waals surface area contributed by atoms with Crippen LogP contribution in [0.4, 0.5) is 19.2 Å². The third-order valence-electron chi connectivity index (χ3n) is 20.2. The lowest BCUT2D eigenvalue weighted by atomic mass is 9.99. The second-order valence-electron chi connectivity index (χ2n) is 36.7. The van der Waals surface area contributed by atoms with Gasteiger partial charge in [0.15, 0.2) is 6.04 Å². The molecule has 2 unspecified atom stereocenters. The topological polar surface area (TPSA) is 448 Å². The molecule has 7 aromatic carbocycles. The van der Waals surface area contributed by atoms with Crippen LogP contribution >= 0.6 is 11.6 Å². The number of nitrogens with zero attached hydrogens (tertiary/aromatic N) is 8. The van der Waals surface area contributed by atoms with Gasteiger partial charge < -0.3 is 105 Å². The summed E-state index contributed by atoms with van der Waals surface area (Å²) in [5.41, 5.74) is 8.01. The molecular formula is C103H130ClN17O18. The second kappa shape index (κ2) is 53.7. The summed E-state index contributed by atoms with van der Waals surface area (Å²) >= 11 is 6.24. The fraction of sp³-hybridized carbons (Fsp3) is 0.379. The van der Waals surface area contributed by atoms with E-state index in [1.165, 1.54) is 56.1 Å². The molecule has 11 N–H and O–H groups in total. The van der Waals surface area contributed by atoms with Crippen molar-refractivity contribution in [1.82, 2.24) is 86.1 Å². The molecule has 3 fully saturated rings. The number of imidazole rings is 4. The third kappa shape index (κ3) is 39.9. The number of halogens is 1. The fourth-order valence-corrected chi connectivity index (χ4v) is 13.9. The summed E-state index contributed by atoms with van der Waals surface area (Å²) in [7, 11) is 3.05. The van der Waals surface area contributed by atoms with Gasteiger partial charge >= 0.3 is 42.3 Å². The van der Waals surface area contributed by atoms with Crippen LogP contribution < -0.4 is 47.3 Å². The zero-order chi connectivity index (χ0) is 101. The van der Waals surface area contributed by atoms with Crippen LogP contribution in [0.2, 0.25) is 5.02 Å². The molecule has 14 rings (SSSR count). The summed E-state index contributed by atoms with van der Waals surface area (Å²) in [6.07, 6.45) is 13.3. The molecule has 0 saturated carbocycles. The van der Waals surface area contributed by atoms with Crippen LogP contribution in [0.15, 0.2) is 250 Å². The molecule has 0 bridgehead atoms. The second-order valence-corrected chi connectivity index (χ2v) is 37.1. The first-order valence-corrected chi connectivity index (χ1v) is 45.9. The molecule has 3 saturated heterocycles. The number of alkyl carbamates (subject to hydrolysis) is 4. The van der Waals surface area contributed by atoms with Crippen molar-refractivity contribution in [2.75, 3.05) is 53.4 Å². The van der Waals surface area contributed by atoms with Crippen molar-refractivity contribution in [2.45, 2.75) is 200 Å². The number of cyclic esters (lactones) is 1. The van der Waals surface area contributed by atoms with E-state index in [9.17, 15) is 58.2 Å². The van der Waals surface area contributed by atoms with E-state index in [1.807, 2.05) is 172 Å². The molecule has 35 nitrogen and oxygen atoms in total. The van der Waals surface area contributed by atoms with E-state index in [2.05, 4.69) is 120 Å². The molecule has 3 aliphatic rings. The van der Waals surface area contributed by atoms with Gasteiger partial charge in [-0.1, -0.05) is 194 Å². The molecule has 11 aromatic rings. The zero-order valence-corrected chi connectivity index (χ0v) is 82.2. The van der Waals surface area contributed by atoms with Crippen LogP contribution in [-0.4, -0.2) is 226 Å². The molecule has 7 heterocycles. The SMILES string of the molecule is CC(C)(C)OC(=O)N[C@@H](CN1CCC(c2ccccc2)C1)C(=O)O.CC(C)(C)OC(=O)N[C@@H](Cn1cnc(-c2ccccc2)c1)C(=O)O.CC(C)(C)OC(=O)N[C@H]1COC1=O.CNC(=O)[C@H](Cn1cnc(-c2ccccc2)c1)NC(=O)OC(C)(C)C.CNC(=O)[C@H](Cn1cnc(-c2ccccc2)c1)NC(=O)c1ccc(OC(C)C)c(Cl)c1.c1ccc(-c2cnc[nH]2)cc1.c1ccc(C2CCNC2)cc1. The lowest BCUT2D eigenvalue weighted by Gasteiger charge is -2.27. The summed E-state index contributed by atoms with van der Waals surface area (Å²) in [5.74, 6) is -1.96. The van der Waals surface area contributed by atoms with E-state index in [4.69, 9.17) is 35.3 Å². The number of carboxylic acids is 2. The fourth-order valence-electron chi connectivity index (χ4n) is 13.7. The number of nitrogens with one attached hydrogen (secondary N) is 9. The Hall–Kier alpha value is -14.7. The van der Waals surface area contributed by atoms with Gasteiger partial charge in [-0.05, 0) is 170 Å². The summed E-state index contributed by atoms with van der Waals surface area (Å²) < 4.78 is 35.6. The number of benzene rings is 7. The Bertz CT molecular complexity index is 5660. The summed E-state index contributed by atoms with van der Waals surface area (Å²) in [5, 5.41) is 40.1. The van der Waals surface area contributed by atoms with Gasteiger partial charge in [-0.15, -0.1) is 0 Å². The smallest absolute Gasteiger partial charge is 0.408 e. The first-order valence-electron chi connectivity index (χ1n) is 45.5. The van der Waals surface area contributed by atoms with E-state index in [-0.39, 0.29) is 50.7 Å². The normalized spacial score (nSPS) is 15.1. The minimum atomic E-state index is -1.14. The van der Waals surface area contributed by atoms with Gasteiger partial charge in [-0.3, -0.25) is 14.4 Å². The first kappa shape index (κ1) is 110. The molecule has 0 radical (unpaired) electrons. The summed E-state index contributed by atoms with van der Waals surface area (Å²) in [6.45, 7) is 29.7. The maximum atomic E-state index is 12.8. The Labute approximate surface area is 816 Å². The van der Waals surface area contributed by atoms with Crippen molar-refractivity contribution < 1.29 is 86.6 Å². The van der Waals surface area contributed by atoms with Crippen molar-refractivity contribution in [1.29, 1.82) is 0 Å². The Balaban J connectivity index is 0.000000204. The number of aromatic nitrogens is 8. The monoisotopic (exact) mass is 1930 g/mol. The Morgan fingerprint density at radius 2 is 0.878 bits per heavy atom. The average molecular weight is 1930 g/mol. The number of carbonyl (C=O) groups is 10. The highest BCUT2D eigenvalue weighted by atomic mass is 35.5. The summed E-state index contributed by atoms with van der Waals surface area (Å²) in [4.78, 5) is 139. The molecule has 4 aromatic heterocycles. The third-order valence-corrected chi connectivity index (χ3v) is 20.5. The Morgan fingerprint density at radius 1 is 0.489 bits per heavy atom. The predicted molar refractivity (Wildman–Crippen MR) is 529 cm³/mol. The van der Waals surface area contributed by atoms with Crippen LogP contribution in [0.25, 0.3) is 45.0 Å². The maximum absolute atomic E-state index is 12.8. The summed E-state index contributed by atoms with van der Waals surface area (Å²) in [6, 6.07) is 60.7. The number of hydrogen-bond donors (Lipinski definition) is 11. The first-order chi connectivity index (χ1) is 65.9. The van der Waals surface area contributed by atoms with Gasteiger partial charge in [-0.25, -0.2) is 53.5 Å². The number of likely N-dealkylation sites (N-methyl/N-ethyl adjacent to an activating group) is 2. The number of carboxylic acid groups (broad SMARTS) is 2. The van der Waals surface area contributed by atoms with Crippen LogP contribution in [-0.2, 0) is 67.3 Å². The zero-order valence-electron chi connectivity index (χ0n) is 81.5. The largest absolute Gasteiger partial charge is 0.489 e.